The number of piperidine rings is 1. The zero-order chi connectivity index (χ0) is 12.0. The van der Waals surface area contributed by atoms with Gasteiger partial charge in [-0.25, -0.2) is 0 Å². The maximum atomic E-state index is 11.5. The van der Waals surface area contributed by atoms with Gasteiger partial charge in [0.05, 0.1) is 19.1 Å². The summed E-state index contributed by atoms with van der Waals surface area (Å²) in [6.07, 6.45) is 1.58. The molecule has 0 aromatic rings. The molecule has 0 aromatic heterocycles. The van der Waals surface area contributed by atoms with Gasteiger partial charge in [-0.2, -0.15) is 0 Å². The molecule has 0 spiro atoms. The van der Waals surface area contributed by atoms with Crippen molar-refractivity contribution >= 4 is 11.9 Å². The molecule has 0 bridgehead atoms. The van der Waals surface area contributed by atoms with E-state index in [2.05, 4.69) is 10.2 Å². The van der Waals surface area contributed by atoms with Crippen molar-refractivity contribution in [1.29, 1.82) is 0 Å². The van der Waals surface area contributed by atoms with Gasteiger partial charge < -0.3 is 10.1 Å². The first-order chi connectivity index (χ1) is 7.67. The van der Waals surface area contributed by atoms with Crippen LogP contribution in [0, 0.1) is 5.92 Å². The van der Waals surface area contributed by atoms with Gasteiger partial charge in [0.1, 0.15) is 0 Å². The lowest BCUT2D eigenvalue weighted by atomic mass is 9.97. The Morgan fingerprint density at radius 1 is 1.38 bits per heavy atom. The van der Waals surface area contributed by atoms with Gasteiger partial charge in [0.15, 0.2) is 0 Å². The van der Waals surface area contributed by atoms with Crippen LogP contribution in [0.25, 0.3) is 0 Å². The fourth-order valence-electron chi connectivity index (χ4n) is 1.87. The number of hydrogen-bond donors (Lipinski definition) is 1. The van der Waals surface area contributed by atoms with Crippen molar-refractivity contribution in [3.63, 3.8) is 0 Å². The first kappa shape index (κ1) is 13.0. The second kappa shape index (κ2) is 6.48. The fourth-order valence-corrected chi connectivity index (χ4v) is 1.87. The Bertz CT molecular complexity index is 248. The van der Waals surface area contributed by atoms with Gasteiger partial charge in [-0.05, 0) is 32.9 Å². The van der Waals surface area contributed by atoms with Crippen molar-refractivity contribution in [1.82, 2.24) is 10.2 Å². The van der Waals surface area contributed by atoms with Crippen molar-refractivity contribution in [2.75, 3.05) is 33.3 Å². The molecule has 1 aliphatic heterocycles. The van der Waals surface area contributed by atoms with Gasteiger partial charge in [0, 0.05) is 7.05 Å². The summed E-state index contributed by atoms with van der Waals surface area (Å²) in [5, 5.41) is 2.59. The Labute approximate surface area is 96.1 Å². The minimum absolute atomic E-state index is 0.0147. The first-order valence-corrected chi connectivity index (χ1v) is 5.77. The minimum Gasteiger partial charge on any atom is -0.466 e. The summed E-state index contributed by atoms with van der Waals surface area (Å²) < 4.78 is 4.98. The van der Waals surface area contributed by atoms with E-state index in [4.69, 9.17) is 4.74 Å². The van der Waals surface area contributed by atoms with E-state index in [0.717, 1.165) is 25.9 Å². The maximum absolute atomic E-state index is 11.5. The smallest absolute Gasteiger partial charge is 0.309 e. The molecule has 0 saturated carbocycles. The quantitative estimate of drug-likeness (QED) is 0.688. The molecule has 0 aliphatic carbocycles. The zero-order valence-corrected chi connectivity index (χ0v) is 9.99. The normalized spacial score (nSPS) is 18.1. The van der Waals surface area contributed by atoms with Crippen molar-refractivity contribution in [3.8, 4) is 0 Å². The van der Waals surface area contributed by atoms with Crippen LogP contribution in [0.4, 0.5) is 0 Å². The largest absolute Gasteiger partial charge is 0.466 e. The van der Waals surface area contributed by atoms with Crippen LogP contribution in [0.1, 0.15) is 19.8 Å². The number of nitrogens with zero attached hydrogens (tertiary/aromatic N) is 1. The van der Waals surface area contributed by atoms with Crippen molar-refractivity contribution in [3.05, 3.63) is 0 Å². The molecule has 1 aliphatic rings. The molecule has 1 heterocycles. The third-order valence-corrected chi connectivity index (χ3v) is 2.85. The number of carbonyl (C=O) groups excluding carboxylic acids is 2. The Morgan fingerprint density at radius 2 is 2.00 bits per heavy atom. The Hall–Kier alpha value is -1.10. The highest BCUT2D eigenvalue weighted by Crippen LogP contribution is 2.18. The van der Waals surface area contributed by atoms with Crippen LogP contribution in [0.5, 0.6) is 0 Å². The lowest BCUT2D eigenvalue weighted by Gasteiger charge is -2.29. The van der Waals surface area contributed by atoms with Crippen molar-refractivity contribution in [2.24, 2.45) is 5.92 Å². The first-order valence-electron chi connectivity index (χ1n) is 5.77. The molecule has 1 saturated heterocycles. The van der Waals surface area contributed by atoms with Gasteiger partial charge in [-0.3, -0.25) is 14.5 Å². The van der Waals surface area contributed by atoms with E-state index in [-0.39, 0.29) is 17.8 Å². The molecular weight excluding hydrogens is 208 g/mol. The van der Waals surface area contributed by atoms with Gasteiger partial charge in [0.2, 0.25) is 5.91 Å². The van der Waals surface area contributed by atoms with E-state index in [1.807, 2.05) is 6.92 Å². The standard InChI is InChI=1S/C11H20N2O3/c1-3-16-11(15)9-4-6-13(7-5-9)8-10(14)12-2/h9H,3-8H2,1-2H3,(H,12,14). The van der Waals surface area contributed by atoms with E-state index < -0.39 is 0 Å². The molecule has 92 valence electrons. The maximum Gasteiger partial charge on any atom is 0.309 e. The fraction of sp³-hybridized carbons (Fsp3) is 0.818. The third kappa shape index (κ3) is 3.81. The summed E-state index contributed by atoms with van der Waals surface area (Å²) in [6.45, 7) is 4.26. The minimum atomic E-state index is -0.0953. The molecule has 16 heavy (non-hydrogen) atoms. The summed E-state index contributed by atoms with van der Waals surface area (Å²) in [5.74, 6) is -0.0578. The summed E-state index contributed by atoms with van der Waals surface area (Å²) >= 11 is 0. The van der Waals surface area contributed by atoms with Crippen LogP contribution >= 0.6 is 0 Å². The highest BCUT2D eigenvalue weighted by molar-refractivity contribution is 5.77. The second-order valence-corrected chi connectivity index (χ2v) is 3.98. The molecule has 1 fully saturated rings. The number of likely N-dealkylation sites (tertiary alicyclic amines) is 1. The highest BCUT2D eigenvalue weighted by atomic mass is 16.5. The van der Waals surface area contributed by atoms with E-state index in [0.29, 0.717) is 13.2 Å². The molecule has 0 unspecified atom stereocenters. The molecule has 0 radical (unpaired) electrons. The molecule has 1 amide bonds. The molecule has 1 N–H and O–H groups in total. The summed E-state index contributed by atoms with van der Waals surface area (Å²) in [5.41, 5.74) is 0. The van der Waals surface area contributed by atoms with Gasteiger partial charge >= 0.3 is 5.97 Å². The van der Waals surface area contributed by atoms with Crippen LogP contribution in [0.15, 0.2) is 0 Å². The molecule has 0 atom stereocenters. The van der Waals surface area contributed by atoms with Gasteiger partial charge in [0.25, 0.3) is 0 Å². The number of hydrogen-bond acceptors (Lipinski definition) is 4. The van der Waals surface area contributed by atoms with Gasteiger partial charge in [-0.1, -0.05) is 0 Å². The monoisotopic (exact) mass is 228 g/mol. The lowest BCUT2D eigenvalue weighted by Crippen LogP contribution is -2.42. The summed E-state index contributed by atoms with van der Waals surface area (Å²) in [4.78, 5) is 24.7. The molecule has 0 aromatic carbocycles. The lowest BCUT2D eigenvalue weighted by molar-refractivity contribution is -0.149. The topological polar surface area (TPSA) is 58.6 Å². The Kier molecular flexibility index (Phi) is 5.25. The molecule has 5 nitrogen and oxygen atoms in total. The Balaban J connectivity index is 2.28. The van der Waals surface area contributed by atoms with Crippen molar-refractivity contribution < 1.29 is 14.3 Å². The van der Waals surface area contributed by atoms with E-state index in [9.17, 15) is 9.59 Å². The summed E-state index contributed by atoms with van der Waals surface area (Å²) in [6, 6.07) is 0. The SMILES string of the molecule is CCOC(=O)C1CCN(CC(=O)NC)CC1. The number of rotatable bonds is 4. The summed E-state index contributed by atoms with van der Waals surface area (Å²) in [7, 11) is 1.63. The van der Waals surface area contributed by atoms with Crippen LogP contribution in [-0.2, 0) is 14.3 Å². The predicted octanol–water partition coefficient (Wildman–Crippen LogP) is 0.00750. The predicted molar refractivity (Wildman–Crippen MR) is 59.9 cm³/mol. The number of amides is 1. The van der Waals surface area contributed by atoms with Crippen LogP contribution in [0.3, 0.4) is 0 Å². The van der Waals surface area contributed by atoms with Gasteiger partial charge in [-0.15, -0.1) is 0 Å². The molecule has 5 heteroatoms. The number of carbonyl (C=O) groups is 2. The second-order valence-electron chi connectivity index (χ2n) is 3.98. The number of ether oxygens (including phenoxy) is 1. The van der Waals surface area contributed by atoms with E-state index in [1.165, 1.54) is 0 Å². The highest BCUT2D eigenvalue weighted by Gasteiger charge is 2.26. The number of esters is 1. The number of likely N-dealkylation sites (N-methyl/N-ethyl adjacent to an activating group) is 1. The average molecular weight is 228 g/mol. The van der Waals surface area contributed by atoms with E-state index >= 15 is 0 Å². The third-order valence-electron chi connectivity index (χ3n) is 2.85. The van der Waals surface area contributed by atoms with Crippen molar-refractivity contribution in [2.45, 2.75) is 19.8 Å². The average Bonchev–Trinajstić information content (AvgIpc) is 2.30. The number of nitrogens with one attached hydrogen (secondary N) is 1. The van der Waals surface area contributed by atoms with Crippen LogP contribution in [0.2, 0.25) is 0 Å². The Morgan fingerprint density at radius 3 is 2.50 bits per heavy atom. The van der Waals surface area contributed by atoms with E-state index in [1.54, 1.807) is 7.05 Å². The van der Waals surface area contributed by atoms with Crippen LogP contribution < -0.4 is 5.32 Å². The molecular formula is C11H20N2O3. The van der Waals surface area contributed by atoms with Crippen LogP contribution in [-0.4, -0.2) is 50.1 Å². The zero-order valence-electron chi connectivity index (χ0n) is 9.99. The molecule has 1 rings (SSSR count).